The zero-order valence-electron chi connectivity index (χ0n) is 23.4. The Balaban J connectivity index is 1.28. The summed E-state index contributed by atoms with van der Waals surface area (Å²) in [6, 6.07) is 29.4. The summed E-state index contributed by atoms with van der Waals surface area (Å²) in [4.78, 5) is 44.2. The first-order valence-electron chi connectivity index (χ1n) is 14.1. The van der Waals surface area contributed by atoms with Crippen molar-refractivity contribution < 1.29 is 19.5 Å². The third kappa shape index (κ3) is 5.38. The Morgan fingerprint density at radius 3 is 2.40 bits per heavy atom. The summed E-state index contributed by atoms with van der Waals surface area (Å²) in [5.74, 6) is -0.209. The number of hydrogen-bond acceptors (Lipinski definition) is 5. The van der Waals surface area contributed by atoms with Gasteiger partial charge in [-0.3, -0.25) is 14.6 Å². The molecule has 2 aliphatic heterocycles. The molecule has 2 fully saturated rings. The summed E-state index contributed by atoms with van der Waals surface area (Å²) in [5.41, 5.74) is 2.82. The lowest BCUT2D eigenvalue weighted by molar-refractivity contribution is -0.157. The van der Waals surface area contributed by atoms with Gasteiger partial charge in [0.2, 0.25) is 11.8 Å². The van der Waals surface area contributed by atoms with Gasteiger partial charge in [0.15, 0.2) is 0 Å². The molecule has 0 unspecified atom stereocenters. The fourth-order valence-corrected chi connectivity index (χ4v) is 5.95. The van der Waals surface area contributed by atoms with Gasteiger partial charge in [0, 0.05) is 26.6 Å². The van der Waals surface area contributed by atoms with E-state index in [2.05, 4.69) is 11.4 Å². The molecule has 0 aromatic heterocycles. The number of aromatic hydroxyl groups is 1. The number of amides is 4. The molecule has 9 heteroatoms. The molecule has 214 valence electrons. The minimum atomic E-state index is -0.749. The summed E-state index contributed by atoms with van der Waals surface area (Å²) in [6.07, 6.45) is -0.217. The van der Waals surface area contributed by atoms with E-state index in [-0.39, 0.29) is 36.7 Å². The van der Waals surface area contributed by atoms with Crippen LogP contribution in [0, 0.1) is 0 Å². The van der Waals surface area contributed by atoms with Gasteiger partial charge in [0.1, 0.15) is 18.0 Å². The lowest BCUT2D eigenvalue weighted by atomic mass is 9.99. The Bertz CT molecular complexity index is 1600. The first-order chi connectivity index (χ1) is 20.4. The van der Waals surface area contributed by atoms with Crippen molar-refractivity contribution in [2.24, 2.45) is 0 Å². The molecule has 2 N–H and O–H groups in total. The highest BCUT2D eigenvalue weighted by atomic mass is 16.3. The van der Waals surface area contributed by atoms with Crippen molar-refractivity contribution in [1.29, 1.82) is 0 Å². The van der Waals surface area contributed by atoms with Crippen LogP contribution in [0.5, 0.6) is 5.75 Å². The van der Waals surface area contributed by atoms with Crippen molar-refractivity contribution in [1.82, 2.24) is 25.1 Å². The van der Waals surface area contributed by atoms with Crippen LogP contribution in [0.4, 0.5) is 4.79 Å². The van der Waals surface area contributed by atoms with Crippen LogP contribution in [0.1, 0.15) is 16.7 Å². The fraction of sp³-hybridized carbons (Fsp3) is 0.242. The molecule has 4 aromatic rings. The van der Waals surface area contributed by atoms with E-state index in [1.165, 1.54) is 5.01 Å². The van der Waals surface area contributed by atoms with Crippen LogP contribution in [-0.4, -0.2) is 75.1 Å². The number of phenolic OH excluding ortho intramolecular Hbond substituents is 1. The predicted molar refractivity (Wildman–Crippen MR) is 159 cm³/mol. The molecule has 0 aliphatic carbocycles. The van der Waals surface area contributed by atoms with E-state index in [9.17, 15) is 19.5 Å². The van der Waals surface area contributed by atoms with Crippen LogP contribution in [0.3, 0.4) is 0 Å². The number of fused-ring (bicyclic) bond motifs is 2. The largest absolute Gasteiger partial charge is 0.508 e. The Morgan fingerprint density at radius 1 is 0.905 bits per heavy atom. The fourth-order valence-electron chi connectivity index (χ4n) is 5.95. The first-order valence-corrected chi connectivity index (χ1v) is 14.1. The van der Waals surface area contributed by atoms with Gasteiger partial charge in [-0.15, -0.1) is 0 Å². The topological polar surface area (TPSA) is 96.4 Å². The highest BCUT2D eigenvalue weighted by Gasteiger charge is 2.51. The predicted octanol–water partition coefficient (Wildman–Crippen LogP) is 3.73. The molecule has 2 aliphatic rings. The summed E-state index contributed by atoms with van der Waals surface area (Å²) in [6.45, 7) is 0.982. The molecular formula is C33H33N5O4. The van der Waals surface area contributed by atoms with Crippen LogP contribution in [-0.2, 0) is 29.1 Å². The van der Waals surface area contributed by atoms with Crippen LogP contribution >= 0.6 is 0 Å². The van der Waals surface area contributed by atoms with E-state index >= 15 is 0 Å². The number of carbonyl (C=O) groups excluding carboxylic acids is 3. The normalized spacial score (nSPS) is 18.8. The number of rotatable bonds is 7. The van der Waals surface area contributed by atoms with Crippen molar-refractivity contribution in [3.05, 3.63) is 114 Å². The number of piperazine rings is 1. The number of nitrogens with one attached hydrogen (secondary N) is 1. The number of urea groups is 1. The molecule has 6 rings (SSSR count). The molecule has 4 amide bonds. The number of hydrogen-bond donors (Lipinski definition) is 2. The van der Waals surface area contributed by atoms with E-state index < -0.39 is 12.2 Å². The minimum absolute atomic E-state index is 0.0125. The molecule has 42 heavy (non-hydrogen) atoms. The van der Waals surface area contributed by atoms with Gasteiger partial charge < -0.3 is 20.2 Å². The molecule has 9 nitrogen and oxygen atoms in total. The molecular weight excluding hydrogens is 530 g/mol. The third-order valence-corrected chi connectivity index (χ3v) is 8.14. The van der Waals surface area contributed by atoms with Crippen LogP contribution in [0.25, 0.3) is 10.8 Å². The Morgan fingerprint density at radius 2 is 1.62 bits per heavy atom. The monoisotopic (exact) mass is 563 g/mol. The highest BCUT2D eigenvalue weighted by molar-refractivity contribution is 5.92. The van der Waals surface area contributed by atoms with E-state index in [1.54, 1.807) is 46.1 Å². The number of phenols is 1. The van der Waals surface area contributed by atoms with Crippen molar-refractivity contribution >= 4 is 28.6 Å². The molecule has 2 heterocycles. The quantitative estimate of drug-likeness (QED) is 0.357. The van der Waals surface area contributed by atoms with Crippen molar-refractivity contribution in [2.45, 2.75) is 31.7 Å². The van der Waals surface area contributed by atoms with Crippen LogP contribution in [0.15, 0.2) is 97.1 Å². The summed E-state index contributed by atoms with van der Waals surface area (Å²) in [7, 11) is 1.65. The average molecular weight is 564 g/mol. The smallest absolute Gasteiger partial charge is 0.332 e. The summed E-state index contributed by atoms with van der Waals surface area (Å²) < 4.78 is 0. The number of nitrogens with zero attached hydrogens (tertiary/aromatic N) is 4. The first kappa shape index (κ1) is 27.3. The van der Waals surface area contributed by atoms with E-state index in [0.717, 1.165) is 27.5 Å². The van der Waals surface area contributed by atoms with Crippen molar-refractivity contribution in [3.63, 3.8) is 0 Å². The highest BCUT2D eigenvalue weighted by Crippen LogP contribution is 2.31. The Hall–Kier alpha value is -4.89. The molecule has 0 spiro atoms. The lowest BCUT2D eigenvalue weighted by Gasteiger charge is -2.46. The second kappa shape index (κ2) is 11.5. The van der Waals surface area contributed by atoms with Crippen molar-refractivity contribution in [3.8, 4) is 5.75 Å². The molecule has 4 aromatic carbocycles. The van der Waals surface area contributed by atoms with Gasteiger partial charge in [-0.05, 0) is 39.6 Å². The average Bonchev–Trinajstić information content (AvgIpc) is 3.34. The SMILES string of the molecule is CN(C(=O)NCc1ccccc1)N1CC(=O)N2[C@@H](Cc3ccc(O)cc3)C(=O)N(Cc3cccc4ccccc34)C[C@@H]21. The zero-order valence-corrected chi connectivity index (χ0v) is 23.4. The maximum Gasteiger partial charge on any atom is 0.332 e. The van der Waals surface area contributed by atoms with Gasteiger partial charge in [-0.2, -0.15) is 5.01 Å². The third-order valence-electron chi connectivity index (χ3n) is 8.14. The maximum absolute atomic E-state index is 14.1. The van der Waals surface area contributed by atoms with Gasteiger partial charge in [0.05, 0.1) is 13.1 Å². The summed E-state index contributed by atoms with van der Waals surface area (Å²) in [5, 5.41) is 18.1. The lowest BCUT2D eigenvalue weighted by Crippen LogP contribution is -2.65. The summed E-state index contributed by atoms with van der Waals surface area (Å²) >= 11 is 0. The second-order valence-electron chi connectivity index (χ2n) is 10.8. The van der Waals surface area contributed by atoms with Gasteiger partial charge in [-0.1, -0.05) is 84.9 Å². The zero-order chi connectivity index (χ0) is 29.2. The second-order valence-corrected chi connectivity index (χ2v) is 10.8. The minimum Gasteiger partial charge on any atom is -0.508 e. The van der Waals surface area contributed by atoms with E-state index in [0.29, 0.717) is 19.5 Å². The maximum atomic E-state index is 14.1. The Labute approximate surface area is 244 Å². The van der Waals surface area contributed by atoms with Gasteiger partial charge in [-0.25, -0.2) is 4.79 Å². The van der Waals surface area contributed by atoms with Crippen molar-refractivity contribution in [2.75, 3.05) is 20.1 Å². The molecule has 0 radical (unpaired) electrons. The molecule has 2 saturated heterocycles. The van der Waals surface area contributed by atoms with E-state index in [4.69, 9.17) is 0 Å². The molecule has 0 bridgehead atoms. The Kier molecular flexibility index (Phi) is 7.50. The van der Waals surface area contributed by atoms with Crippen LogP contribution in [0.2, 0.25) is 0 Å². The molecule has 2 atom stereocenters. The van der Waals surface area contributed by atoms with Crippen LogP contribution < -0.4 is 5.32 Å². The number of benzene rings is 4. The standard InChI is InChI=1S/C33H33N5O4/c1-35(33(42)34-19-24-8-3-2-4-9-24)37-22-31(40)38-29(18-23-14-16-27(39)17-15-23)32(41)36(21-30(37)38)20-26-12-7-11-25-10-5-6-13-28(25)26/h2-17,29-30,39H,18-22H2,1H3,(H,34,42)/t29-,30+/m0/s1. The van der Waals surface area contributed by atoms with E-state index in [1.807, 2.05) is 66.7 Å². The molecule has 0 saturated carbocycles. The number of carbonyl (C=O) groups is 3. The van der Waals surface area contributed by atoms with Gasteiger partial charge in [0.25, 0.3) is 0 Å². The number of hydrazine groups is 1. The van der Waals surface area contributed by atoms with Gasteiger partial charge >= 0.3 is 6.03 Å².